The first kappa shape index (κ1) is 21.6. The molecular formula is C19H21F3N4O4S. The van der Waals surface area contributed by atoms with Gasteiger partial charge in [-0.05, 0) is 35.7 Å². The number of alkyl halides is 2. The zero-order valence-corrected chi connectivity index (χ0v) is 17.3. The lowest BCUT2D eigenvalue weighted by molar-refractivity contribution is -0.138. The molecule has 0 radical (unpaired) electrons. The van der Waals surface area contributed by atoms with Gasteiger partial charge in [-0.25, -0.2) is 12.8 Å². The Bertz CT molecular complexity index is 1030. The molecule has 4 rings (SSSR count). The van der Waals surface area contributed by atoms with Crippen molar-refractivity contribution in [3.8, 4) is 0 Å². The Kier molecular flexibility index (Phi) is 5.91. The Morgan fingerprint density at radius 1 is 1.13 bits per heavy atom. The van der Waals surface area contributed by atoms with Gasteiger partial charge in [0.05, 0.1) is 17.5 Å². The van der Waals surface area contributed by atoms with Crippen molar-refractivity contribution in [2.75, 3.05) is 36.0 Å². The molecule has 12 heteroatoms. The molecular weight excluding hydrogens is 437 g/mol. The predicted molar refractivity (Wildman–Crippen MR) is 104 cm³/mol. The fraction of sp³-hybridized carbons (Fsp3) is 0.526. The molecule has 0 spiro atoms. The van der Waals surface area contributed by atoms with E-state index in [9.17, 15) is 26.4 Å². The predicted octanol–water partition coefficient (Wildman–Crippen LogP) is 2.36. The second-order valence-electron chi connectivity index (χ2n) is 7.70. The lowest BCUT2D eigenvalue weighted by atomic mass is 9.96. The number of halogens is 3. The lowest BCUT2D eigenvalue weighted by Crippen LogP contribution is -2.53. The van der Waals surface area contributed by atoms with Gasteiger partial charge in [-0.1, -0.05) is 12.1 Å². The lowest BCUT2D eigenvalue weighted by Gasteiger charge is -2.43. The highest BCUT2D eigenvalue weighted by atomic mass is 32.2. The molecule has 1 aromatic carbocycles. The minimum atomic E-state index is -3.11. The van der Waals surface area contributed by atoms with Crippen molar-refractivity contribution in [2.45, 2.75) is 25.3 Å². The number of benzene rings is 1. The minimum Gasteiger partial charge on any atom is -0.334 e. The van der Waals surface area contributed by atoms with Crippen LogP contribution < -0.4 is 4.90 Å². The minimum absolute atomic E-state index is 0.00160. The molecule has 0 bridgehead atoms. The van der Waals surface area contributed by atoms with Crippen LogP contribution >= 0.6 is 0 Å². The number of carbonyl (C=O) groups excluding carboxylic acids is 1. The number of anilines is 1. The number of amides is 1. The summed E-state index contributed by atoms with van der Waals surface area (Å²) in [6.07, 6.45) is -2.36. The van der Waals surface area contributed by atoms with Gasteiger partial charge in [0.25, 0.3) is 11.8 Å². The van der Waals surface area contributed by atoms with Crippen LogP contribution in [0.2, 0.25) is 0 Å². The molecule has 2 aliphatic rings. The number of rotatable bonds is 4. The van der Waals surface area contributed by atoms with E-state index in [0.717, 1.165) is 0 Å². The van der Waals surface area contributed by atoms with E-state index in [-0.39, 0.29) is 55.8 Å². The molecule has 1 aromatic heterocycles. The first-order chi connectivity index (χ1) is 14.7. The van der Waals surface area contributed by atoms with Crippen LogP contribution in [0.5, 0.6) is 0 Å². The van der Waals surface area contributed by atoms with Crippen molar-refractivity contribution in [3.05, 3.63) is 41.5 Å². The fourth-order valence-corrected chi connectivity index (χ4v) is 5.51. The van der Waals surface area contributed by atoms with Crippen LogP contribution in [-0.4, -0.2) is 60.5 Å². The van der Waals surface area contributed by atoms with Crippen LogP contribution in [0.4, 0.5) is 19.1 Å². The van der Waals surface area contributed by atoms with Gasteiger partial charge in [-0.15, -0.1) is 0 Å². The molecule has 31 heavy (non-hydrogen) atoms. The summed E-state index contributed by atoms with van der Waals surface area (Å²) >= 11 is 0. The standard InChI is InChI=1S/C19H21F3N4O4S/c20-14-3-1-12(2-4-14)15-11-25(19-23-17(16(21)22)30-24-19)7-8-26(15)18(27)13-5-9-31(28,29)10-6-13/h1-4,13,15-16H,5-11H2. The third-order valence-corrected chi connectivity index (χ3v) is 7.44. The third-order valence-electron chi connectivity index (χ3n) is 5.72. The van der Waals surface area contributed by atoms with Crippen molar-refractivity contribution < 1.29 is 30.9 Å². The number of carbonyl (C=O) groups is 1. The molecule has 1 unspecified atom stereocenters. The summed E-state index contributed by atoms with van der Waals surface area (Å²) in [7, 11) is -3.11. The van der Waals surface area contributed by atoms with E-state index >= 15 is 0 Å². The number of aromatic nitrogens is 2. The number of nitrogens with zero attached hydrogens (tertiary/aromatic N) is 4. The van der Waals surface area contributed by atoms with Crippen molar-refractivity contribution in [3.63, 3.8) is 0 Å². The highest BCUT2D eigenvalue weighted by Crippen LogP contribution is 2.32. The quantitative estimate of drug-likeness (QED) is 0.694. The molecule has 2 aliphatic heterocycles. The van der Waals surface area contributed by atoms with Crippen LogP contribution in [-0.2, 0) is 14.6 Å². The summed E-state index contributed by atoms with van der Waals surface area (Å²) in [5, 5.41) is 3.61. The van der Waals surface area contributed by atoms with Gasteiger partial charge in [0.1, 0.15) is 15.7 Å². The Hall–Kier alpha value is -2.63. The third kappa shape index (κ3) is 4.68. The summed E-state index contributed by atoms with van der Waals surface area (Å²) in [4.78, 5) is 20.3. The van der Waals surface area contributed by atoms with E-state index in [1.807, 2.05) is 0 Å². The van der Waals surface area contributed by atoms with E-state index in [4.69, 9.17) is 0 Å². The summed E-state index contributed by atoms with van der Waals surface area (Å²) in [5.41, 5.74) is 0.667. The molecule has 1 atom stereocenters. The highest BCUT2D eigenvalue weighted by Gasteiger charge is 2.38. The second kappa shape index (κ2) is 8.48. The second-order valence-corrected chi connectivity index (χ2v) is 10.0. The van der Waals surface area contributed by atoms with Gasteiger partial charge in [0, 0.05) is 25.6 Å². The molecule has 2 aromatic rings. The summed E-state index contributed by atoms with van der Waals surface area (Å²) in [6.45, 7) is 0.740. The largest absolute Gasteiger partial charge is 0.334 e. The summed E-state index contributed by atoms with van der Waals surface area (Å²) in [5.74, 6) is -1.83. The maximum atomic E-state index is 13.4. The Morgan fingerprint density at radius 2 is 1.81 bits per heavy atom. The summed E-state index contributed by atoms with van der Waals surface area (Å²) in [6, 6.07) is 5.20. The zero-order chi connectivity index (χ0) is 22.2. The van der Waals surface area contributed by atoms with Crippen molar-refractivity contribution in [1.82, 2.24) is 15.0 Å². The molecule has 2 fully saturated rings. The van der Waals surface area contributed by atoms with Crippen LogP contribution in [0.15, 0.2) is 28.8 Å². The van der Waals surface area contributed by atoms with E-state index < -0.39 is 39.9 Å². The monoisotopic (exact) mass is 458 g/mol. The molecule has 0 saturated carbocycles. The Balaban J connectivity index is 1.57. The first-order valence-corrected chi connectivity index (χ1v) is 11.7. The normalized spacial score (nSPS) is 22.1. The summed E-state index contributed by atoms with van der Waals surface area (Å²) < 4.78 is 67.1. The van der Waals surface area contributed by atoms with Crippen LogP contribution in [0.3, 0.4) is 0 Å². The van der Waals surface area contributed by atoms with E-state index in [1.165, 1.54) is 12.1 Å². The van der Waals surface area contributed by atoms with Crippen LogP contribution in [0, 0.1) is 11.7 Å². The smallest absolute Gasteiger partial charge is 0.316 e. The number of hydrogen-bond acceptors (Lipinski definition) is 7. The highest BCUT2D eigenvalue weighted by molar-refractivity contribution is 7.91. The molecule has 8 nitrogen and oxygen atoms in total. The Morgan fingerprint density at radius 3 is 2.42 bits per heavy atom. The van der Waals surface area contributed by atoms with E-state index in [1.54, 1.807) is 21.9 Å². The molecule has 3 heterocycles. The van der Waals surface area contributed by atoms with Gasteiger partial charge in [0.2, 0.25) is 5.91 Å². The number of hydrogen-bond donors (Lipinski definition) is 0. The molecule has 2 saturated heterocycles. The van der Waals surface area contributed by atoms with E-state index in [0.29, 0.717) is 5.56 Å². The number of piperazine rings is 1. The van der Waals surface area contributed by atoms with Crippen LogP contribution in [0.1, 0.15) is 36.8 Å². The molecule has 0 N–H and O–H groups in total. The molecule has 0 aliphatic carbocycles. The maximum Gasteiger partial charge on any atom is 0.316 e. The topological polar surface area (TPSA) is 96.6 Å². The average Bonchev–Trinajstić information content (AvgIpc) is 3.24. The van der Waals surface area contributed by atoms with Crippen molar-refractivity contribution in [1.29, 1.82) is 0 Å². The van der Waals surface area contributed by atoms with Gasteiger partial charge >= 0.3 is 6.43 Å². The first-order valence-electron chi connectivity index (χ1n) is 9.86. The van der Waals surface area contributed by atoms with Gasteiger partial charge in [-0.3, -0.25) is 4.79 Å². The number of sulfone groups is 1. The van der Waals surface area contributed by atoms with Crippen molar-refractivity contribution in [2.24, 2.45) is 5.92 Å². The van der Waals surface area contributed by atoms with Gasteiger partial charge < -0.3 is 14.3 Å². The van der Waals surface area contributed by atoms with Crippen LogP contribution in [0.25, 0.3) is 0 Å². The molecule has 1 amide bonds. The van der Waals surface area contributed by atoms with Gasteiger partial charge in [0.15, 0.2) is 0 Å². The zero-order valence-electron chi connectivity index (χ0n) is 16.5. The van der Waals surface area contributed by atoms with E-state index in [2.05, 4.69) is 14.7 Å². The fourth-order valence-electron chi connectivity index (χ4n) is 4.01. The van der Waals surface area contributed by atoms with Gasteiger partial charge in [-0.2, -0.15) is 13.8 Å². The Labute approximate surface area is 176 Å². The molecule has 168 valence electrons. The SMILES string of the molecule is O=C(C1CCS(=O)(=O)CC1)N1CCN(c2noc(C(F)F)n2)CC1c1ccc(F)cc1. The van der Waals surface area contributed by atoms with Crippen molar-refractivity contribution >= 4 is 21.7 Å². The maximum absolute atomic E-state index is 13.4. The average molecular weight is 458 g/mol.